The van der Waals surface area contributed by atoms with Crippen molar-refractivity contribution in [3.8, 4) is 5.75 Å². The zero-order valence-electron chi connectivity index (χ0n) is 10.6. The minimum Gasteiger partial charge on any atom is -0.496 e. The summed E-state index contributed by atoms with van der Waals surface area (Å²) in [5.41, 5.74) is 0.337. The molecule has 0 aliphatic heterocycles. The number of hydrogen-bond donors (Lipinski definition) is 1. The Labute approximate surface area is 115 Å². The number of nitrogens with one attached hydrogen (secondary N) is 1. The van der Waals surface area contributed by atoms with Gasteiger partial charge in [-0.2, -0.15) is 0 Å². The van der Waals surface area contributed by atoms with Gasteiger partial charge >= 0.3 is 0 Å². The summed E-state index contributed by atoms with van der Waals surface area (Å²) >= 11 is 3.28. The first kappa shape index (κ1) is 14.7. The van der Waals surface area contributed by atoms with Crippen LogP contribution in [0.1, 0.15) is 24.2 Å². The summed E-state index contributed by atoms with van der Waals surface area (Å²) in [4.78, 5) is 23.4. The van der Waals surface area contributed by atoms with Gasteiger partial charge in [0.25, 0.3) is 5.91 Å². The smallest absolute Gasteiger partial charge is 0.292 e. The summed E-state index contributed by atoms with van der Waals surface area (Å²) in [6, 6.07) is 4.80. The Kier molecular flexibility index (Phi) is 5.34. The first-order valence-electron chi connectivity index (χ1n) is 5.61. The van der Waals surface area contributed by atoms with Crippen LogP contribution in [-0.2, 0) is 4.79 Å². The van der Waals surface area contributed by atoms with Crippen molar-refractivity contribution in [3.05, 3.63) is 28.2 Å². The molecule has 4 nitrogen and oxygen atoms in total. The molecule has 0 aliphatic carbocycles. The fourth-order valence-corrected chi connectivity index (χ4v) is 1.86. The summed E-state index contributed by atoms with van der Waals surface area (Å²) in [6.45, 7) is 4.42. The number of hydrogen-bond acceptors (Lipinski definition) is 3. The van der Waals surface area contributed by atoms with E-state index in [1.807, 2.05) is 13.8 Å². The van der Waals surface area contributed by atoms with E-state index in [4.69, 9.17) is 4.74 Å². The van der Waals surface area contributed by atoms with Crippen molar-refractivity contribution in [3.63, 3.8) is 0 Å². The largest absolute Gasteiger partial charge is 0.496 e. The monoisotopic (exact) mass is 313 g/mol. The first-order valence-corrected chi connectivity index (χ1v) is 6.41. The molecule has 1 aromatic carbocycles. The number of ether oxygens (including phenoxy) is 1. The van der Waals surface area contributed by atoms with Crippen molar-refractivity contribution in [1.82, 2.24) is 5.32 Å². The van der Waals surface area contributed by atoms with E-state index in [1.54, 1.807) is 18.2 Å². The minimum absolute atomic E-state index is 0.310. The molecule has 98 valence electrons. The fourth-order valence-electron chi connectivity index (χ4n) is 1.32. The van der Waals surface area contributed by atoms with E-state index in [2.05, 4.69) is 21.2 Å². The lowest BCUT2D eigenvalue weighted by molar-refractivity contribution is -0.117. The number of carbonyl (C=O) groups excluding carboxylic acids is 2. The molecule has 1 aromatic rings. The van der Waals surface area contributed by atoms with Gasteiger partial charge < -0.3 is 10.1 Å². The van der Waals surface area contributed by atoms with Crippen LogP contribution in [0, 0.1) is 5.92 Å². The predicted octanol–water partition coefficient (Wildman–Crippen LogP) is 2.41. The molecule has 0 radical (unpaired) electrons. The third-order valence-corrected chi connectivity index (χ3v) is 2.91. The quantitative estimate of drug-likeness (QED) is 0.671. The van der Waals surface area contributed by atoms with E-state index < -0.39 is 11.7 Å². The lowest BCUT2D eigenvalue weighted by atomic mass is 10.1. The number of methoxy groups -OCH3 is 1. The predicted molar refractivity (Wildman–Crippen MR) is 72.9 cm³/mol. The highest BCUT2D eigenvalue weighted by atomic mass is 79.9. The van der Waals surface area contributed by atoms with Crippen LogP contribution in [0.3, 0.4) is 0 Å². The summed E-state index contributed by atoms with van der Waals surface area (Å²) in [6.07, 6.45) is 0. The number of halogens is 1. The van der Waals surface area contributed by atoms with Crippen LogP contribution in [-0.4, -0.2) is 25.3 Å². The Morgan fingerprint density at radius 1 is 1.39 bits per heavy atom. The zero-order chi connectivity index (χ0) is 13.7. The zero-order valence-corrected chi connectivity index (χ0v) is 12.2. The summed E-state index contributed by atoms with van der Waals surface area (Å²) in [7, 11) is 1.54. The number of benzene rings is 1. The average molecular weight is 314 g/mol. The van der Waals surface area contributed by atoms with E-state index in [9.17, 15) is 9.59 Å². The van der Waals surface area contributed by atoms with Crippen molar-refractivity contribution in [2.24, 2.45) is 5.92 Å². The molecule has 0 aromatic heterocycles. The first-order chi connectivity index (χ1) is 8.45. The topological polar surface area (TPSA) is 55.4 Å². The molecule has 5 heteroatoms. The molecule has 0 saturated carbocycles. The third kappa shape index (κ3) is 3.84. The molecule has 0 spiro atoms. The number of Topliss-reactive ketones (excluding diaryl/α,β-unsaturated/α-hetero) is 1. The molecule has 0 heterocycles. The number of rotatable bonds is 5. The number of carbonyl (C=O) groups is 2. The minimum atomic E-state index is -0.583. The average Bonchev–Trinajstić information content (AvgIpc) is 2.34. The van der Waals surface area contributed by atoms with Gasteiger partial charge in [-0.1, -0.05) is 13.8 Å². The van der Waals surface area contributed by atoms with Crippen LogP contribution in [0.25, 0.3) is 0 Å². The molecule has 1 amide bonds. The van der Waals surface area contributed by atoms with Crippen LogP contribution < -0.4 is 10.1 Å². The molecular weight excluding hydrogens is 298 g/mol. The molecule has 0 aliphatic rings. The highest BCUT2D eigenvalue weighted by Gasteiger charge is 2.17. The van der Waals surface area contributed by atoms with Crippen LogP contribution in [0.5, 0.6) is 5.75 Å². The second-order valence-corrected chi connectivity index (χ2v) is 5.14. The third-order valence-electron chi connectivity index (χ3n) is 2.29. The van der Waals surface area contributed by atoms with Gasteiger partial charge in [-0.15, -0.1) is 0 Å². The Morgan fingerprint density at radius 2 is 2.06 bits per heavy atom. The summed E-state index contributed by atoms with van der Waals surface area (Å²) < 4.78 is 5.71. The highest BCUT2D eigenvalue weighted by Crippen LogP contribution is 2.25. The molecule has 1 N–H and O–H groups in total. The van der Waals surface area contributed by atoms with Gasteiger partial charge in [0.2, 0.25) is 5.78 Å². The van der Waals surface area contributed by atoms with Crippen LogP contribution in [0.2, 0.25) is 0 Å². The molecule has 0 unspecified atom stereocenters. The lowest BCUT2D eigenvalue weighted by Gasteiger charge is -2.08. The van der Waals surface area contributed by atoms with E-state index in [0.717, 1.165) is 0 Å². The Morgan fingerprint density at radius 3 is 2.56 bits per heavy atom. The van der Waals surface area contributed by atoms with Gasteiger partial charge in [0.15, 0.2) is 0 Å². The maximum absolute atomic E-state index is 11.8. The van der Waals surface area contributed by atoms with Gasteiger partial charge in [-0.3, -0.25) is 9.59 Å². The normalized spacial score (nSPS) is 10.3. The molecular formula is C13H16BrNO3. The van der Waals surface area contributed by atoms with E-state index >= 15 is 0 Å². The van der Waals surface area contributed by atoms with Gasteiger partial charge in [-0.25, -0.2) is 0 Å². The maximum Gasteiger partial charge on any atom is 0.292 e. The van der Waals surface area contributed by atoms with Crippen molar-refractivity contribution >= 4 is 27.6 Å². The van der Waals surface area contributed by atoms with E-state index in [-0.39, 0.29) is 0 Å². The van der Waals surface area contributed by atoms with Gasteiger partial charge in [0.1, 0.15) is 5.75 Å². The van der Waals surface area contributed by atoms with Crippen molar-refractivity contribution in [2.75, 3.05) is 13.7 Å². The molecule has 1 rings (SSSR count). The van der Waals surface area contributed by atoms with Gasteiger partial charge in [-0.05, 0) is 40.0 Å². The van der Waals surface area contributed by atoms with Crippen molar-refractivity contribution in [1.29, 1.82) is 0 Å². The van der Waals surface area contributed by atoms with Gasteiger partial charge in [0, 0.05) is 12.1 Å². The molecule has 0 saturated heterocycles. The molecule has 0 fully saturated rings. The second-order valence-electron chi connectivity index (χ2n) is 4.28. The highest BCUT2D eigenvalue weighted by molar-refractivity contribution is 9.10. The number of ketones is 1. The molecule has 18 heavy (non-hydrogen) atoms. The Hall–Kier alpha value is -1.36. The Bertz CT molecular complexity index is 458. The maximum atomic E-state index is 11.8. The second kappa shape index (κ2) is 6.54. The van der Waals surface area contributed by atoms with Crippen molar-refractivity contribution in [2.45, 2.75) is 13.8 Å². The van der Waals surface area contributed by atoms with Crippen LogP contribution >= 0.6 is 15.9 Å². The van der Waals surface area contributed by atoms with Crippen LogP contribution in [0.4, 0.5) is 0 Å². The van der Waals surface area contributed by atoms with E-state index in [0.29, 0.717) is 28.2 Å². The molecule has 0 atom stereocenters. The van der Waals surface area contributed by atoms with Gasteiger partial charge in [0.05, 0.1) is 11.6 Å². The summed E-state index contributed by atoms with van der Waals surface area (Å²) in [5, 5.41) is 2.59. The van der Waals surface area contributed by atoms with E-state index in [1.165, 1.54) is 7.11 Å². The Balaban J connectivity index is 2.78. The molecule has 0 bridgehead atoms. The summed E-state index contributed by atoms with van der Waals surface area (Å²) in [5.74, 6) is -0.196. The fraction of sp³-hybridized carbons (Fsp3) is 0.385. The van der Waals surface area contributed by atoms with Crippen LogP contribution in [0.15, 0.2) is 22.7 Å². The SMILES string of the molecule is COc1ccc(C(=O)C(=O)NCC(C)C)cc1Br. The lowest BCUT2D eigenvalue weighted by Crippen LogP contribution is -2.33. The standard InChI is InChI=1S/C13H16BrNO3/c1-8(2)7-15-13(17)12(16)9-4-5-11(18-3)10(14)6-9/h4-6,8H,7H2,1-3H3,(H,15,17). The van der Waals surface area contributed by atoms with Crippen molar-refractivity contribution < 1.29 is 14.3 Å². The number of amides is 1.